The Morgan fingerprint density at radius 2 is 1.83 bits per heavy atom. The van der Waals surface area contributed by atoms with Crippen molar-refractivity contribution in [3.63, 3.8) is 0 Å². The largest absolute Gasteiger partial charge is 0.151 e. The van der Waals surface area contributed by atoms with Gasteiger partial charge in [0.05, 0.1) is 11.4 Å². The van der Waals surface area contributed by atoms with Gasteiger partial charge in [-0.15, -0.1) is 5.11 Å². The molecule has 12 heavy (non-hydrogen) atoms. The SMILES string of the molecule is C=C1C=Cc2ccccc2N=N1. The molecule has 0 spiro atoms. The maximum absolute atomic E-state index is 4.03. The molecule has 0 fully saturated rings. The van der Waals surface area contributed by atoms with E-state index in [-0.39, 0.29) is 0 Å². The number of azo groups is 1. The Balaban J connectivity index is 2.59. The lowest BCUT2D eigenvalue weighted by molar-refractivity contribution is 1.19. The fourth-order valence-corrected chi connectivity index (χ4v) is 1.06. The molecule has 0 aromatic heterocycles. The molecule has 0 saturated carbocycles. The van der Waals surface area contributed by atoms with Crippen molar-refractivity contribution < 1.29 is 0 Å². The van der Waals surface area contributed by atoms with Gasteiger partial charge in [0.2, 0.25) is 0 Å². The highest BCUT2D eigenvalue weighted by atomic mass is 15.1. The quantitative estimate of drug-likeness (QED) is 0.550. The Morgan fingerprint density at radius 3 is 2.75 bits per heavy atom. The van der Waals surface area contributed by atoms with Crippen LogP contribution in [-0.2, 0) is 0 Å². The molecule has 0 N–H and O–H groups in total. The van der Waals surface area contributed by atoms with Crippen LogP contribution in [0.2, 0.25) is 0 Å². The van der Waals surface area contributed by atoms with Crippen LogP contribution >= 0.6 is 0 Å². The van der Waals surface area contributed by atoms with E-state index in [9.17, 15) is 0 Å². The summed E-state index contributed by atoms with van der Waals surface area (Å²) in [7, 11) is 0. The van der Waals surface area contributed by atoms with Crippen LogP contribution in [0.5, 0.6) is 0 Å². The first-order valence-electron chi connectivity index (χ1n) is 3.74. The molecule has 1 aromatic carbocycles. The van der Waals surface area contributed by atoms with Crippen molar-refractivity contribution in [3.8, 4) is 0 Å². The molecule has 1 aliphatic rings. The summed E-state index contributed by atoms with van der Waals surface area (Å²) in [6, 6.07) is 7.86. The second-order valence-corrected chi connectivity index (χ2v) is 2.58. The monoisotopic (exact) mass is 156 g/mol. The summed E-state index contributed by atoms with van der Waals surface area (Å²) in [4.78, 5) is 0. The van der Waals surface area contributed by atoms with Crippen LogP contribution in [0.1, 0.15) is 5.56 Å². The standard InChI is InChI=1S/C10H8N2/c1-8-6-7-9-4-2-3-5-10(9)12-11-8/h2-7H,1H2. The zero-order chi connectivity index (χ0) is 8.39. The highest BCUT2D eigenvalue weighted by Crippen LogP contribution is 2.24. The summed E-state index contributed by atoms with van der Waals surface area (Å²) >= 11 is 0. The van der Waals surface area contributed by atoms with E-state index < -0.39 is 0 Å². The molecule has 0 radical (unpaired) electrons. The fraction of sp³-hybridized carbons (Fsp3) is 0. The summed E-state index contributed by atoms with van der Waals surface area (Å²) in [5, 5.41) is 7.94. The van der Waals surface area contributed by atoms with Gasteiger partial charge in [0.1, 0.15) is 0 Å². The molecular weight excluding hydrogens is 148 g/mol. The Labute approximate surface area is 71.0 Å². The van der Waals surface area contributed by atoms with Crippen molar-refractivity contribution >= 4 is 11.8 Å². The molecule has 0 amide bonds. The zero-order valence-corrected chi connectivity index (χ0v) is 6.57. The molecular formula is C10H8N2. The molecule has 1 heterocycles. The van der Waals surface area contributed by atoms with Crippen molar-refractivity contribution in [2.45, 2.75) is 0 Å². The Hall–Kier alpha value is -1.70. The minimum Gasteiger partial charge on any atom is -0.151 e. The molecule has 0 bridgehead atoms. The van der Waals surface area contributed by atoms with Crippen molar-refractivity contribution in [1.29, 1.82) is 0 Å². The Kier molecular flexibility index (Phi) is 1.59. The second kappa shape index (κ2) is 2.74. The maximum atomic E-state index is 4.03. The Morgan fingerprint density at radius 1 is 1.00 bits per heavy atom. The molecule has 1 aromatic rings. The van der Waals surface area contributed by atoms with E-state index in [1.54, 1.807) is 0 Å². The molecule has 0 unspecified atom stereocenters. The number of hydrogen-bond acceptors (Lipinski definition) is 2. The minimum absolute atomic E-state index is 0.686. The van der Waals surface area contributed by atoms with Gasteiger partial charge in [0.15, 0.2) is 0 Å². The number of fused-ring (bicyclic) bond motifs is 1. The normalized spacial score (nSPS) is 14.2. The van der Waals surface area contributed by atoms with Crippen LogP contribution < -0.4 is 0 Å². The van der Waals surface area contributed by atoms with Crippen LogP contribution in [0, 0.1) is 0 Å². The van der Waals surface area contributed by atoms with E-state index in [1.165, 1.54) is 0 Å². The van der Waals surface area contributed by atoms with Crippen LogP contribution in [0.3, 0.4) is 0 Å². The first-order valence-corrected chi connectivity index (χ1v) is 3.74. The average molecular weight is 156 g/mol. The van der Waals surface area contributed by atoms with Crippen LogP contribution in [0.25, 0.3) is 6.08 Å². The lowest BCUT2D eigenvalue weighted by Gasteiger charge is -1.94. The predicted octanol–water partition coefficient (Wildman–Crippen LogP) is 3.31. The van der Waals surface area contributed by atoms with Gasteiger partial charge in [0, 0.05) is 5.56 Å². The van der Waals surface area contributed by atoms with Gasteiger partial charge in [-0.2, -0.15) is 5.11 Å². The van der Waals surface area contributed by atoms with Gasteiger partial charge in [-0.3, -0.25) is 0 Å². The van der Waals surface area contributed by atoms with Crippen LogP contribution in [0.15, 0.2) is 52.8 Å². The number of rotatable bonds is 0. The van der Waals surface area contributed by atoms with E-state index >= 15 is 0 Å². The van der Waals surface area contributed by atoms with Gasteiger partial charge in [0.25, 0.3) is 0 Å². The Bertz CT molecular complexity index is 340. The van der Waals surface area contributed by atoms with Gasteiger partial charge in [-0.05, 0) is 12.1 Å². The molecule has 0 saturated heterocycles. The molecule has 0 atom stereocenters. The molecule has 2 rings (SSSR count). The summed E-state index contributed by atoms with van der Waals surface area (Å²) < 4.78 is 0. The average Bonchev–Trinajstić information content (AvgIpc) is 2.29. The van der Waals surface area contributed by atoms with Gasteiger partial charge in [-0.1, -0.05) is 30.9 Å². The second-order valence-electron chi connectivity index (χ2n) is 2.58. The van der Waals surface area contributed by atoms with E-state index in [0.717, 1.165) is 11.3 Å². The van der Waals surface area contributed by atoms with Crippen molar-refractivity contribution in [2.75, 3.05) is 0 Å². The maximum Gasteiger partial charge on any atom is 0.0929 e. The number of nitrogens with zero attached hydrogens (tertiary/aromatic N) is 2. The van der Waals surface area contributed by atoms with Gasteiger partial charge in [-0.25, -0.2) is 0 Å². The number of hydrogen-bond donors (Lipinski definition) is 0. The highest BCUT2D eigenvalue weighted by Gasteiger charge is 1.99. The fourth-order valence-electron chi connectivity index (χ4n) is 1.06. The van der Waals surface area contributed by atoms with Crippen molar-refractivity contribution in [1.82, 2.24) is 0 Å². The molecule has 2 nitrogen and oxygen atoms in total. The smallest absolute Gasteiger partial charge is 0.0929 e. The third-order valence-corrected chi connectivity index (χ3v) is 1.68. The molecule has 58 valence electrons. The third-order valence-electron chi connectivity index (χ3n) is 1.68. The predicted molar refractivity (Wildman–Crippen MR) is 49.1 cm³/mol. The summed E-state index contributed by atoms with van der Waals surface area (Å²) in [6.07, 6.45) is 3.83. The van der Waals surface area contributed by atoms with Crippen LogP contribution in [0.4, 0.5) is 5.69 Å². The van der Waals surface area contributed by atoms with E-state index in [2.05, 4.69) is 16.8 Å². The summed E-state index contributed by atoms with van der Waals surface area (Å²) in [5.41, 5.74) is 2.67. The van der Waals surface area contributed by atoms with Gasteiger partial charge >= 0.3 is 0 Å². The number of benzene rings is 1. The van der Waals surface area contributed by atoms with E-state index in [4.69, 9.17) is 0 Å². The topological polar surface area (TPSA) is 24.7 Å². The molecule has 1 aliphatic heterocycles. The lowest BCUT2D eigenvalue weighted by Crippen LogP contribution is -1.69. The molecule has 0 aliphatic carbocycles. The highest BCUT2D eigenvalue weighted by molar-refractivity contribution is 5.65. The first kappa shape index (κ1) is 6.98. The van der Waals surface area contributed by atoms with E-state index in [1.807, 2.05) is 36.4 Å². The number of allylic oxidation sites excluding steroid dienone is 1. The summed E-state index contributed by atoms with van der Waals surface area (Å²) in [5.74, 6) is 0. The summed E-state index contributed by atoms with van der Waals surface area (Å²) in [6.45, 7) is 3.71. The van der Waals surface area contributed by atoms with Gasteiger partial charge < -0.3 is 0 Å². The van der Waals surface area contributed by atoms with Crippen molar-refractivity contribution in [3.05, 3.63) is 48.2 Å². The zero-order valence-electron chi connectivity index (χ0n) is 6.57. The van der Waals surface area contributed by atoms with Crippen LogP contribution in [-0.4, -0.2) is 0 Å². The van der Waals surface area contributed by atoms with E-state index in [0.29, 0.717) is 5.70 Å². The minimum atomic E-state index is 0.686. The lowest BCUT2D eigenvalue weighted by atomic mass is 10.2. The first-order chi connectivity index (χ1) is 5.86. The third kappa shape index (κ3) is 1.19. The van der Waals surface area contributed by atoms with Crippen molar-refractivity contribution in [2.24, 2.45) is 10.2 Å². The molecule has 2 heteroatoms.